The molecule has 1 saturated heterocycles. The number of nitriles is 1. The third-order valence-corrected chi connectivity index (χ3v) is 5.60. The Hall–Kier alpha value is -2.69. The van der Waals surface area contributed by atoms with Gasteiger partial charge in [-0.1, -0.05) is 6.07 Å². The van der Waals surface area contributed by atoms with Crippen molar-refractivity contribution in [2.24, 2.45) is 0 Å². The molecule has 1 aliphatic heterocycles. The molecular weight excluding hydrogens is 354 g/mol. The van der Waals surface area contributed by atoms with Gasteiger partial charge in [0, 0.05) is 36.0 Å². The molecule has 0 radical (unpaired) electrons. The first-order valence-corrected chi connectivity index (χ1v) is 9.87. The Bertz CT molecular complexity index is 911. The van der Waals surface area contributed by atoms with Gasteiger partial charge in [-0.15, -0.1) is 0 Å². The second-order valence-electron chi connectivity index (χ2n) is 7.80. The fraction of sp³-hybridized carbons (Fsp3) is 0.476. The summed E-state index contributed by atoms with van der Waals surface area (Å²) in [6, 6.07) is 10.7. The summed E-state index contributed by atoms with van der Waals surface area (Å²) in [5.74, 6) is 0.784. The lowest BCUT2D eigenvalue weighted by atomic mass is 10.0. The molecule has 3 heterocycles. The van der Waals surface area contributed by atoms with Crippen LogP contribution >= 0.6 is 0 Å². The van der Waals surface area contributed by atoms with Gasteiger partial charge in [-0.3, -0.25) is 4.98 Å². The summed E-state index contributed by atoms with van der Waals surface area (Å²) in [5, 5.41) is 16.2. The molecule has 5 rings (SSSR count). The predicted molar refractivity (Wildman–Crippen MR) is 104 cm³/mol. The SMILES string of the molecule is N#Cc1cnc(NCC2(c3cccc(C4OCCO4)n3)CC2)cc1NC1CC1. The molecule has 0 atom stereocenters. The highest BCUT2D eigenvalue weighted by atomic mass is 16.7. The van der Waals surface area contributed by atoms with Gasteiger partial charge in [-0.05, 0) is 37.8 Å². The number of rotatable bonds is 7. The lowest BCUT2D eigenvalue weighted by Gasteiger charge is -2.18. The van der Waals surface area contributed by atoms with Crippen LogP contribution in [0.2, 0.25) is 0 Å². The highest BCUT2D eigenvalue weighted by Crippen LogP contribution is 2.47. The summed E-state index contributed by atoms with van der Waals surface area (Å²) in [6.07, 6.45) is 5.80. The normalized spacial score (nSPS) is 20.5. The largest absolute Gasteiger partial charge is 0.381 e. The zero-order chi connectivity index (χ0) is 19.0. The molecule has 2 aromatic rings. The molecule has 3 fully saturated rings. The Kier molecular flexibility index (Phi) is 4.38. The molecular formula is C21H23N5O2. The fourth-order valence-electron chi connectivity index (χ4n) is 3.55. The van der Waals surface area contributed by atoms with Crippen LogP contribution in [0.5, 0.6) is 0 Å². The van der Waals surface area contributed by atoms with E-state index in [1.165, 1.54) is 0 Å². The number of aromatic nitrogens is 2. The van der Waals surface area contributed by atoms with Crippen molar-refractivity contribution < 1.29 is 9.47 Å². The van der Waals surface area contributed by atoms with Crippen molar-refractivity contribution >= 4 is 11.5 Å². The molecule has 28 heavy (non-hydrogen) atoms. The van der Waals surface area contributed by atoms with Gasteiger partial charge in [0.2, 0.25) is 6.29 Å². The van der Waals surface area contributed by atoms with Gasteiger partial charge >= 0.3 is 0 Å². The van der Waals surface area contributed by atoms with Gasteiger partial charge in [0.05, 0.1) is 30.2 Å². The summed E-state index contributed by atoms with van der Waals surface area (Å²) in [5.41, 5.74) is 3.39. The minimum atomic E-state index is -0.347. The van der Waals surface area contributed by atoms with Crippen LogP contribution in [0.3, 0.4) is 0 Å². The lowest BCUT2D eigenvalue weighted by molar-refractivity contribution is -0.0474. The van der Waals surface area contributed by atoms with Gasteiger partial charge in [0.25, 0.3) is 0 Å². The van der Waals surface area contributed by atoms with Gasteiger partial charge in [0.15, 0.2) is 0 Å². The van der Waals surface area contributed by atoms with Crippen LogP contribution in [-0.4, -0.2) is 35.8 Å². The lowest BCUT2D eigenvalue weighted by Crippen LogP contribution is -2.22. The highest BCUT2D eigenvalue weighted by Gasteiger charge is 2.45. The molecule has 0 aromatic carbocycles. The molecule has 2 saturated carbocycles. The molecule has 7 nitrogen and oxygen atoms in total. The maximum absolute atomic E-state index is 9.30. The van der Waals surface area contributed by atoms with Crippen LogP contribution in [0, 0.1) is 11.3 Å². The number of nitrogens with zero attached hydrogens (tertiary/aromatic N) is 3. The van der Waals surface area contributed by atoms with Crippen LogP contribution in [0.15, 0.2) is 30.5 Å². The number of pyridine rings is 2. The first kappa shape index (κ1) is 17.4. The molecule has 0 bridgehead atoms. The number of hydrogen-bond donors (Lipinski definition) is 2. The van der Waals surface area contributed by atoms with E-state index < -0.39 is 0 Å². The maximum Gasteiger partial charge on any atom is 0.201 e. The Morgan fingerprint density at radius 2 is 2.04 bits per heavy atom. The number of nitrogens with one attached hydrogen (secondary N) is 2. The second kappa shape index (κ2) is 7.04. The third-order valence-electron chi connectivity index (χ3n) is 5.60. The van der Waals surface area contributed by atoms with E-state index in [2.05, 4.69) is 27.8 Å². The summed E-state index contributed by atoms with van der Waals surface area (Å²) in [7, 11) is 0. The quantitative estimate of drug-likeness (QED) is 0.766. The average Bonchev–Trinajstić information content (AvgIpc) is 3.65. The molecule has 0 unspecified atom stereocenters. The van der Waals surface area contributed by atoms with E-state index >= 15 is 0 Å². The second-order valence-corrected chi connectivity index (χ2v) is 7.80. The van der Waals surface area contributed by atoms with Gasteiger partial charge in [0.1, 0.15) is 11.9 Å². The minimum absolute atomic E-state index is 0.0221. The first-order chi connectivity index (χ1) is 13.8. The maximum atomic E-state index is 9.30. The standard InChI is InChI=1S/C21H23N5O2/c22-11-14-12-23-19(10-17(14)25-15-4-5-15)24-13-21(6-7-21)18-3-1-2-16(26-18)20-27-8-9-28-20/h1-3,10,12,15,20H,4-9,13H2,(H2,23,24,25). The van der Waals surface area contributed by atoms with Crippen LogP contribution in [0.25, 0.3) is 0 Å². The number of hydrogen-bond acceptors (Lipinski definition) is 7. The summed E-state index contributed by atoms with van der Waals surface area (Å²) >= 11 is 0. The number of ether oxygens (including phenoxy) is 2. The summed E-state index contributed by atoms with van der Waals surface area (Å²) in [6.45, 7) is 1.99. The Balaban J connectivity index is 1.30. The molecule has 2 aliphatic carbocycles. The van der Waals surface area contributed by atoms with Crippen LogP contribution in [0.1, 0.15) is 48.9 Å². The zero-order valence-corrected chi connectivity index (χ0v) is 15.6. The van der Waals surface area contributed by atoms with Gasteiger partial charge < -0.3 is 20.1 Å². The van der Waals surface area contributed by atoms with Crippen molar-refractivity contribution in [1.82, 2.24) is 9.97 Å². The molecule has 0 amide bonds. The smallest absolute Gasteiger partial charge is 0.201 e. The van der Waals surface area contributed by atoms with E-state index in [0.717, 1.165) is 55.1 Å². The fourth-order valence-corrected chi connectivity index (χ4v) is 3.55. The summed E-state index contributed by atoms with van der Waals surface area (Å²) < 4.78 is 11.2. The van der Waals surface area contributed by atoms with Gasteiger partial charge in [-0.25, -0.2) is 4.98 Å². The van der Waals surface area contributed by atoms with E-state index in [9.17, 15) is 5.26 Å². The van der Waals surface area contributed by atoms with Crippen molar-refractivity contribution in [2.75, 3.05) is 30.4 Å². The highest BCUT2D eigenvalue weighted by molar-refractivity contribution is 5.62. The van der Waals surface area contributed by atoms with E-state index in [-0.39, 0.29) is 11.7 Å². The van der Waals surface area contributed by atoms with E-state index in [4.69, 9.17) is 14.5 Å². The van der Waals surface area contributed by atoms with Crippen LogP contribution in [-0.2, 0) is 14.9 Å². The van der Waals surface area contributed by atoms with Crippen molar-refractivity contribution in [1.29, 1.82) is 5.26 Å². The van der Waals surface area contributed by atoms with E-state index in [0.29, 0.717) is 24.8 Å². The molecule has 2 N–H and O–H groups in total. The Morgan fingerprint density at radius 1 is 1.21 bits per heavy atom. The first-order valence-electron chi connectivity index (χ1n) is 9.87. The Labute approximate surface area is 164 Å². The molecule has 3 aliphatic rings. The average molecular weight is 377 g/mol. The molecule has 0 spiro atoms. The Morgan fingerprint density at radius 3 is 2.75 bits per heavy atom. The van der Waals surface area contributed by atoms with Crippen molar-refractivity contribution in [3.63, 3.8) is 0 Å². The van der Waals surface area contributed by atoms with Crippen LogP contribution < -0.4 is 10.6 Å². The van der Waals surface area contributed by atoms with Crippen molar-refractivity contribution in [3.8, 4) is 6.07 Å². The molecule has 2 aromatic heterocycles. The molecule has 7 heteroatoms. The number of anilines is 2. The predicted octanol–water partition coefficient (Wildman–Crippen LogP) is 3.11. The molecule has 144 valence electrons. The topological polar surface area (TPSA) is 92.1 Å². The minimum Gasteiger partial charge on any atom is -0.381 e. The monoisotopic (exact) mass is 377 g/mol. The van der Waals surface area contributed by atoms with E-state index in [1.54, 1.807) is 6.20 Å². The third kappa shape index (κ3) is 3.53. The van der Waals surface area contributed by atoms with Crippen molar-refractivity contribution in [2.45, 2.75) is 43.4 Å². The summed E-state index contributed by atoms with van der Waals surface area (Å²) in [4.78, 5) is 9.24. The van der Waals surface area contributed by atoms with Crippen LogP contribution in [0.4, 0.5) is 11.5 Å². The van der Waals surface area contributed by atoms with Crippen molar-refractivity contribution in [3.05, 3.63) is 47.4 Å². The van der Waals surface area contributed by atoms with E-state index in [1.807, 2.05) is 18.2 Å². The van der Waals surface area contributed by atoms with Gasteiger partial charge in [-0.2, -0.15) is 5.26 Å². The zero-order valence-electron chi connectivity index (χ0n) is 15.6.